The largest absolute Gasteiger partial charge is 0.489 e. The van der Waals surface area contributed by atoms with E-state index in [0.29, 0.717) is 17.9 Å². The number of carboxylic acids is 1. The van der Waals surface area contributed by atoms with Crippen LogP contribution in [0.15, 0.2) is 72.8 Å². The van der Waals surface area contributed by atoms with Crippen molar-refractivity contribution in [1.82, 2.24) is 5.32 Å². The number of rotatable bonds is 8. The molecule has 1 atom stereocenters. The number of benzene rings is 3. The van der Waals surface area contributed by atoms with E-state index in [-0.39, 0.29) is 6.42 Å². The zero-order valence-corrected chi connectivity index (χ0v) is 17.1. The molecule has 0 aromatic heterocycles. The number of carbonyl (C=O) groups excluding carboxylic acids is 1. The molecule has 3 aromatic carbocycles. The van der Waals surface area contributed by atoms with E-state index in [2.05, 4.69) is 5.32 Å². The number of hydrogen-bond donors (Lipinski definition) is 2. The molecule has 0 saturated carbocycles. The Hall–Kier alpha value is -3.60. The maximum Gasteiger partial charge on any atom is 0.326 e. The molecular weight excluding hydrogens is 378 g/mol. The Bertz CT molecular complexity index is 1010. The van der Waals surface area contributed by atoms with Crippen molar-refractivity contribution in [3.8, 4) is 5.75 Å². The summed E-state index contributed by atoms with van der Waals surface area (Å²) in [4.78, 5) is 24.3. The third-order valence-electron chi connectivity index (χ3n) is 4.67. The van der Waals surface area contributed by atoms with Crippen molar-refractivity contribution >= 4 is 11.9 Å². The highest BCUT2D eigenvalue weighted by molar-refractivity contribution is 5.97. The first kappa shape index (κ1) is 21.1. The second kappa shape index (κ2) is 9.74. The highest BCUT2D eigenvalue weighted by Crippen LogP contribution is 2.17. The molecule has 154 valence electrons. The smallest absolute Gasteiger partial charge is 0.326 e. The molecule has 0 aliphatic heterocycles. The van der Waals surface area contributed by atoms with E-state index in [1.807, 2.05) is 74.5 Å². The molecule has 0 unspecified atom stereocenters. The van der Waals surface area contributed by atoms with Crippen molar-refractivity contribution in [3.63, 3.8) is 0 Å². The van der Waals surface area contributed by atoms with Crippen LogP contribution in [0.4, 0.5) is 0 Å². The van der Waals surface area contributed by atoms with Crippen molar-refractivity contribution in [3.05, 3.63) is 101 Å². The second-order valence-electron chi connectivity index (χ2n) is 7.37. The fraction of sp³-hybridized carbons (Fsp3) is 0.200. The molecule has 0 fully saturated rings. The van der Waals surface area contributed by atoms with Gasteiger partial charge in [0.2, 0.25) is 0 Å². The van der Waals surface area contributed by atoms with Crippen molar-refractivity contribution in [2.45, 2.75) is 32.9 Å². The lowest BCUT2D eigenvalue weighted by molar-refractivity contribution is -0.139. The van der Waals surface area contributed by atoms with Crippen LogP contribution >= 0.6 is 0 Å². The third kappa shape index (κ3) is 5.95. The van der Waals surface area contributed by atoms with Crippen molar-refractivity contribution in [1.29, 1.82) is 0 Å². The van der Waals surface area contributed by atoms with Gasteiger partial charge in [-0.25, -0.2) is 4.79 Å². The van der Waals surface area contributed by atoms with Gasteiger partial charge in [0.15, 0.2) is 0 Å². The predicted octanol–water partition coefficient (Wildman–Crippen LogP) is 4.31. The number of hydrogen-bond acceptors (Lipinski definition) is 3. The highest BCUT2D eigenvalue weighted by Gasteiger charge is 2.21. The summed E-state index contributed by atoms with van der Waals surface area (Å²) in [7, 11) is 0. The average molecular weight is 403 g/mol. The van der Waals surface area contributed by atoms with Crippen LogP contribution in [0.25, 0.3) is 0 Å². The minimum atomic E-state index is -1.08. The van der Waals surface area contributed by atoms with Gasteiger partial charge in [0.1, 0.15) is 18.4 Å². The Morgan fingerprint density at radius 1 is 0.900 bits per heavy atom. The molecule has 2 N–H and O–H groups in total. The van der Waals surface area contributed by atoms with Gasteiger partial charge in [0, 0.05) is 12.0 Å². The number of carboxylic acid groups (broad SMARTS) is 1. The lowest BCUT2D eigenvalue weighted by Crippen LogP contribution is -2.42. The molecule has 0 heterocycles. The normalized spacial score (nSPS) is 11.5. The van der Waals surface area contributed by atoms with Crippen LogP contribution in [-0.2, 0) is 17.8 Å². The Labute approximate surface area is 176 Å². The quantitative estimate of drug-likeness (QED) is 0.588. The zero-order valence-electron chi connectivity index (χ0n) is 17.1. The summed E-state index contributed by atoms with van der Waals surface area (Å²) in [6, 6.07) is 21.5. The number of aryl methyl sites for hydroxylation is 2. The number of carbonyl (C=O) groups is 2. The van der Waals surface area contributed by atoms with E-state index in [1.54, 1.807) is 12.1 Å². The SMILES string of the molecule is Cc1cc(C)cc(C(=O)N[C@H](Cc2cccc(OCc3ccccc3)c2)C(=O)O)c1. The van der Waals surface area contributed by atoms with E-state index in [0.717, 1.165) is 22.3 Å². The lowest BCUT2D eigenvalue weighted by Gasteiger charge is -2.16. The van der Waals surface area contributed by atoms with Crippen LogP contribution < -0.4 is 10.1 Å². The molecule has 3 rings (SSSR count). The minimum Gasteiger partial charge on any atom is -0.489 e. The van der Waals surface area contributed by atoms with Gasteiger partial charge < -0.3 is 15.2 Å². The summed E-state index contributed by atoms with van der Waals surface area (Å²) >= 11 is 0. The second-order valence-corrected chi connectivity index (χ2v) is 7.37. The highest BCUT2D eigenvalue weighted by atomic mass is 16.5. The van der Waals surface area contributed by atoms with Gasteiger partial charge in [-0.15, -0.1) is 0 Å². The molecule has 1 amide bonds. The Morgan fingerprint density at radius 3 is 2.23 bits per heavy atom. The van der Waals surface area contributed by atoms with Crippen LogP contribution in [-0.4, -0.2) is 23.0 Å². The molecule has 0 saturated heterocycles. The Kier molecular flexibility index (Phi) is 6.86. The summed E-state index contributed by atoms with van der Waals surface area (Å²) in [6.45, 7) is 4.23. The van der Waals surface area contributed by atoms with Gasteiger partial charge in [-0.3, -0.25) is 4.79 Å². The first-order chi connectivity index (χ1) is 14.4. The summed E-state index contributed by atoms with van der Waals surface area (Å²) in [5.74, 6) is -0.824. The van der Waals surface area contributed by atoms with E-state index in [1.165, 1.54) is 0 Å². The van der Waals surface area contributed by atoms with E-state index < -0.39 is 17.9 Å². The Balaban J connectivity index is 1.67. The van der Waals surface area contributed by atoms with Crippen molar-refractivity contribution in [2.24, 2.45) is 0 Å². The summed E-state index contributed by atoms with van der Waals surface area (Å²) in [6.07, 6.45) is 0.161. The van der Waals surface area contributed by atoms with Crippen molar-refractivity contribution in [2.75, 3.05) is 0 Å². The summed E-state index contributed by atoms with van der Waals surface area (Å²) < 4.78 is 5.82. The fourth-order valence-electron chi connectivity index (χ4n) is 3.29. The molecule has 5 nitrogen and oxygen atoms in total. The average Bonchev–Trinajstić information content (AvgIpc) is 2.72. The Morgan fingerprint density at radius 2 is 1.57 bits per heavy atom. The molecule has 0 spiro atoms. The van der Waals surface area contributed by atoms with Gasteiger partial charge in [-0.2, -0.15) is 0 Å². The molecule has 30 heavy (non-hydrogen) atoms. The summed E-state index contributed by atoms with van der Waals surface area (Å²) in [5.41, 5.74) is 4.19. The standard InChI is InChI=1S/C25H25NO4/c1-17-11-18(2)13-21(12-17)24(27)26-23(25(28)29)15-20-9-6-10-22(14-20)30-16-19-7-4-3-5-8-19/h3-14,23H,15-16H2,1-2H3,(H,26,27)(H,28,29)/t23-/m1/s1. The van der Waals surface area contributed by atoms with Crippen molar-refractivity contribution < 1.29 is 19.4 Å². The maximum absolute atomic E-state index is 12.6. The van der Waals surface area contributed by atoms with Gasteiger partial charge in [0.25, 0.3) is 5.91 Å². The van der Waals surface area contributed by atoms with Crippen LogP contribution in [0.2, 0.25) is 0 Å². The molecule has 0 radical (unpaired) electrons. The van der Waals surface area contributed by atoms with E-state index in [4.69, 9.17) is 4.74 Å². The zero-order chi connectivity index (χ0) is 21.5. The van der Waals surface area contributed by atoms with Crippen LogP contribution in [0.1, 0.15) is 32.6 Å². The molecule has 0 aliphatic carbocycles. The third-order valence-corrected chi connectivity index (χ3v) is 4.67. The molecular formula is C25H25NO4. The molecule has 3 aromatic rings. The number of nitrogens with one attached hydrogen (secondary N) is 1. The van der Waals surface area contributed by atoms with Gasteiger partial charge in [-0.05, 0) is 49.2 Å². The van der Waals surface area contributed by atoms with Gasteiger partial charge in [0.05, 0.1) is 0 Å². The molecule has 0 aliphatic rings. The van der Waals surface area contributed by atoms with Crippen LogP contribution in [0, 0.1) is 13.8 Å². The predicted molar refractivity (Wildman–Crippen MR) is 116 cm³/mol. The van der Waals surface area contributed by atoms with E-state index in [9.17, 15) is 14.7 Å². The van der Waals surface area contributed by atoms with Gasteiger partial charge >= 0.3 is 5.97 Å². The number of aliphatic carboxylic acids is 1. The molecule has 5 heteroatoms. The first-order valence-corrected chi connectivity index (χ1v) is 9.78. The topological polar surface area (TPSA) is 75.6 Å². The monoisotopic (exact) mass is 403 g/mol. The maximum atomic E-state index is 12.6. The molecule has 0 bridgehead atoms. The number of amides is 1. The lowest BCUT2D eigenvalue weighted by atomic mass is 10.0. The van der Waals surface area contributed by atoms with Crippen LogP contribution in [0.3, 0.4) is 0 Å². The van der Waals surface area contributed by atoms with Crippen LogP contribution in [0.5, 0.6) is 5.75 Å². The van der Waals surface area contributed by atoms with Gasteiger partial charge in [-0.1, -0.05) is 59.7 Å². The van der Waals surface area contributed by atoms with E-state index >= 15 is 0 Å². The number of ether oxygens (including phenoxy) is 1. The fourth-order valence-corrected chi connectivity index (χ4v) is 3.29. The first-order valence-electron chi connectivity index (χ1n) is 9.78. The summed E-state index contributed by atoms with van der Waals surface area (Å²) in [5, 5.41) is 12.2. The minimum absolute atomic E-state index is 0.161.